The van der Waals surface area contributed by atoms with E-state index in [2.05, 4.69) is 41.5 Å². The molecule has 0 N–H and O–H groups in total. The van der Waals surface area contributed by atoms with Gasteiger partial charge in [0, 0.05) is 6.92 Å². The molecule has 2 heteroatoms. The highest BCUT2D eigenvalue weighted by molar-refractivity contribution is 5.66. The van der Waals surface area contributed by atoms with Crippen LogP contribution in [0.5, 0.6) is 0 Å². The van der Waals surface area contributed by atoms with E-state index in [1.165, 1.54) is 64.2 Å². The lowest BCUT2D eigenvalue weighted by Gasteiger charge is -2.62. The van der Waals surface area contributed by atoms with Gasteiger partial charge in [-0.15, -0.1) is 0 Å². The molecule has 0 aromatic rings. The third-order valence-corrected chi connectivity index (χ3v) is 11.6. The van der Waals surface area contributed by atoms with Crippen LogP contribution in [0.25, 0.3) is 0 Å². The Hall–Kier alpha value is -0.530. The molecule has 0 aliphatic heterocycles. The minimum absolute atomic E-state index is 0.0907. The summed E-state index contributed by atoms with van der Waals surface area (Å²) in [5.41, 5.74) is 1.05. The molecule has 10 atom stereocenters. The van der Waals surface area contributed by atoms with E-state index in [-0.39, 0.29) is 12.1 Å². The van der Waals surface area contributed by atoms with E-state index in [4.69, 9.17) is 4.74 Å². The first-order valence-electron chi connectivity index (χ1n) is 14.2. The van der Waals surface area contributed by atoms with Gasteiger partial charge in [0.1, 0.15) is 6.10 Å². The first-order chi connectivity index (χ1) is 15.1. The van der Waals surface area contributed by atoms with Crippen LogP contribution >= 0.6 is 0 Å². The molecule has 4 aliphatic carbocycles. The fourth-order valence-electron chi connectivity index (χ4n) is 10.1. The van der Waals surface area contributed by atoms with Crippen LogP contribution in [0, 0.1) is 58.2 Å². The Morgan fingerprint density at radius 1 is 0.875 bits per heavy atom. The van der Waals surface area contributed by atoms with E-state index in [0.717, 1.165) is 47.8 Å². The molecule has 4 rings (SSSR count). The molecule has 0 amide bonds. The summed E-state index contributed by atoms with van der Waals surface area (Å²) >= 11 is 0. The number of fused-ring (bicyclic) bond motifs is 5. The Balaban J connectivity index is 1.46. The van der Waals surface area contributed by atoms with Gasteiger partial charge in [0.25, 0.3) is 0 Å². The summed E-state index contributed by atoms with van der Waals surface area (Å²) in [5.74, 6) is 6.65. The van der Waals surface area contributed by atoms with E-state index in [1.807, 2.05) is 0 Å². The summed E-state index contributed by atoms with van der Waals surface area (Å²) in [5, 5.41) is 0. The Morgan fingerprint density at radius 3 is 2.22 bits per heavy atom. The van der Waals surface area contributed by atoms with Crippen molar-refractivity contribution in [2.75, 3.05) is 0 Å². The molecular weight excluding hydrogens is 392 g/mol. The molecule has 184 valence electrons. The van der Waals surface area contributed by atoms with Crippen molar-refractivity contribution in [2.24, 2.45) is 58.2 Å². The van der Waals surface area contributed by atoms with Crippen molar-refractivity contribution in [3.8, 4) is 0 Å². The number of hydrogen-bond donors (Lipinski definition) is 0. The van der Waals surface area contributed by atoms with Gasteiger partial charge >= 0.3 is 5.97 Å². The second kappa shape index (κ2) is 9.26. The van der Waals surface area contributed by atoms with Crippen molar-refractivity contribution in [2.45, 2.75) is 125 Å². The lowest BCUT2D eigenvalue weighted by molar-refractivity contribution is -0.173. The summed E-state index contributed by atoms with van der Waals surface area (Å²) in [4.78, 5) is 11.6. The molecule has 4 saturated carbocycles. The molecule has 0 spiro atoms. The highest BCUT2D eigenvalue weighted by Crippen LogP contribution is 2.69. The molecule has 0 radical (unpaired) electrons. The monoisotopic (exact) mass is 444 g/mol. The van der Waals surface area contributed by atoms with E-state index in [9.17, 15) is 4.79 Å². The lowest BCUT2D eigenvalue weighted by atomic mass is 9.43. The first kappa shape index (κ1) is 24.6. The van der Waals surface area contributed by atoms with Crippen molar-refractivity contribution in [3.63, 3.8) is 0 Å². The topological polar surface area (TPSA) is 26.3 Å². The Kier molecular flexibility index (Phi) is 7.11. The van der Waals surface area contributed by atoms with E-state index in [1.54, 1.807) is 6.92 Å². The van der Waals surface area contributed by atoms with Gasteiger partial charge in [0.05, 0.1) is 0 Å². The molecule has 0 saturated heterocycles. The molecule has 0 heterocycles. The van der Waals surface area contributed by atoms with Crippen molar-refractivity contribution in [3.05, 3.63) is 0 Å². The average Bonchev–Trinajstić information content (AvgIpc) is 3.07. The summed E-state index contributed by atoms with van der Waals surface area (Å²) in [6, 6.07) is 0. The summed E-state index contributed by atoms with van der Waals surface area (Å²) < 4.78 is 5.77. The Morgan fingerprint density at radius 2 is 1.53 bits per heavy atom. The molecule has 0 aromatic heterocycles. The summed E-state index contributed by atoms with van der Waals surface area (Å²) in [6.07, 6.45) is 15.4. The summed E-state index contributed by atoms with van der Waals surface area (Å²) in [6.45, 7) is 16.6. The van der Waals surface area contributed by atoms with Gasteiger partial charge in [-0.25, -0.2) is 0 Å². The van der Waals surface area contributed by atoms with Crippen LogP contribution in [0.1, 0.15) is 119 Å². The largest absolute Gasteiger partial charge is 0.462 e. The van der Waals surface area contributed by atoms with E-state index < -0.39 is 0 Å². The van der Waals surface area contributed by atoms with Crippen LogP contribution in [-0.2, 0) is 9.53 Å². The third kappa shape index (κ3) is 4.19. The molecule has 0 aromatic carbocycles. The van der Waals surface area contributed by atoms with Gasteiger partial charge in [0.2, 0.25) is 0 Å². The highest BCUT2D eigenvalue weighted by Gasteiger charge is 2.61. The number of carbonyl (C=O) groups is 1. The molecule has 2 nitrogen and oxygen atoms in total. The fraction of sp³-hybridized carbons (Fsp3) is 0.967. The predicted molar refractivity (Wildman–Crippen MR) is 133 cm³/mol. The zero-order valence-electron chi connectivity index (χ0n) is 22.3. The standard InChI is InChI=1S/C30H52O2/c1-19(2)9-8-10-20(3)24-13-14-26-23-11-12-25-21(4)28(32-22(5)31)16-18-30(25,7)27(23)15-17-29(24,26)6/h19-21,23-28H,8-18H2,1-7H3/t20-,21+,23+,24-,25+,26+,27+,28-,29-,30+/m1/s1. The van der Waals surface area contributed by atoms with E-state index in [0.29, 0.717) is 16.7 Å². The van der Waals surface area contributed by atoms with Gasteiger partial charge in [-0.2, -0.15) is 0 Å². The first-order valence-corrected chi connectivity index (χ1v) is 14.2. The van der Waals surface area contributed by atoms with Crippen molar-refractivity contribution in [1.82, 2.24) is 0 Å². The SMILES string of the molecule is CC(=O)O[C@@H]1CC[C@@]2(C)[C@@H](CC[C@@H]3[C@@H]2CC[C@]2(C)[C@@H]([C@H](C)CCCC(C)C)CC[C@@H]32)[C@@H]1C. The van der Waals surface area contributed by atoms with Gasteiger partial charge in [-0.3, -0.25) is 4.79 Å². The molecule has 32 heavy (non-hydrogen) atoms. The Bertz CT molecular complexity index is 670. The van der Waals surface area contributed by atoms with Crippen molar-refractivity contribution >= 4 is 5.97 Å². The quantitative estimate of drug-likeness (QED) is 0.385. The van der Waals surface area contributed by atoms with Crippen LogP contribution in [0.4, 0.5) is 0 Å². The fourth-order valence-corrected chi connectivity index (χ4v) is 10.1. The lowest BCUT2D eigenvalue weighted by Crippen LogP contribution is -2.56. The van der Waals surface area contributed by atoms with Crippen LogP contribution in [-0.4, -0.2) is 12.1 Å². The van der Waals surface area contributed by atoms with Gasteiger partial charge < -0.3 is 4.74 Å². The molecule has 4 aliphatic rings. The van der Waals surface area contributed by atoms with Crippen LogP contribution < -0.4 is 0 Å². The summed E-state index contributed by atoms with van der Waals surface area (Å²) in [7, 11) is 0. The normalized spacial score (nSPS) is 46.8. The number of rotatable bonds is 6. The van der Waals surface area contributed by atoms with Gasteiger partial charge in [-0.1, -0.05) is 60.8 Å². The van der Waals surface area contributed by atoms with Crippen molar-refractivity contribution < 1.29 is 9.53 Å². The maximum Gasteiger partial charge on any atom is 0.302 e. The smallest absolute Gasteiger partial charge is 0.302 e. The number of ether oxygens (including phenoxy) is 1. The maximum absolute atomic E-state index is 11.6. The molecule has 4 fully saturated rings. The number of esters is 1. The third-order valence-electron chi connectivity index (χ3n) is 11.6. The second-order valence-electron chi connectivity index (χ2n) is 13.6. The van der Waals surface area contributed by atoms with Gasteiger partial charge in [0.15, 0.2) is 0 Å². The maximum atomic E-state index is 11.6. The van der Waals surface area contributed by atoms with Crippen LogP contribution in [0.15, 0.2) is 0 Å². The second-order valence-corrected chi connectivity index (χ2v) is 13.6. The predicted octanol–water partition coefficient (Wildman–Crippen LogP) is 8.29. The number of hydrogen-bond acceptors (Lipinski definition) is 2. The minimum Gasteiger partial charge on any atom is -0.462 e. The Labute approximate surface area is 199 Å². The number of carbonyl (C=O) groups excluding carboxylic acids is 1. The molecule has 0 bridgehead atoms. The van der Waals surface area contributed by atoms with Crippen LogP contribution in [0.3, 0.4) is 0 Å². The minimum atomic E-state index is -0.0907. The van der Waals surface area contributed by atoms with Crippen molar-refractivity contribution in [1.29, 1.82) is 0 Å². The van der Waals surface area contributed by atoms with Crippen LogP contribution in [0.2, 0.25) is 0 Å². The van der Waals surface area contributed by atoms with E-state index >= 15 is 0 Å². The zero-order chi connectivity index (χ0) is 23.3. The average molecular weight is 445 g/mol. The highest BCUT2D eigenvalue weighted by atomic mass is 16.5. The molecular formula is C30H52O2. The molecule has 0 unspecified atom stereocenters. The van der Waals surface area contributed by atoms with Gasteiger partial charge in [-0.05, 0) is 110 Å². The zero-order valence-corrected chi connectivity index (χ0v) is 22.3.